The number of hydrogen-bond acceptors (Lipinski definition) is 6. The van der Waals surface area contributed by atoms with E-state index < -0.39 is 17.0 Å². The molecule has 1 heterocycles. The van der Waals surface area contributed by atoms with E-state index in [1.165, 1.54) is 23.9 Å². The Morgan fingerprint density at radius 3 is 2.50 bits per heavy atom. The van der Waals surface area contributed by atoms with E-state index in [0.717, 1.165) is 11.1 Å². The number of anilines is 1. The van der Waals surface area contributed by atoms with Crippen molar-refractivity contribution in [2.45, 2.75) is 30.8 Å². The van der Waals surface area contributed by atoms with Gasteiger partial charge in [0, 0.05) is 34.3 Å². The Hall–Kier alpha value is -3.89. The number of nitrogens with zero attached hydrogens (tertiary/aromatic N) is 4. The summed E-state index contributed by atoms with van der Waals surface area (Å²) in [6, 6.07) is 20.2. The molecule has 9 nitrogen and oxygen atoms in total. The first-order valence-electron chi connectivity index (χ1n) is 11.0. The minimum Gasteiger partial charge on any atom is -0.328 e. The van der Waals surface area contributed by atoms with Crippen LogP contribution in [0.5, 0.6) is 0 Å². The number of nitro groups is 1. The molecule has 4 aromatic rings. The number of benzene rings is 3. The van der Waals surface area contributed by atoms with Gasteiger partial charge in [0.15, 0.2) is 11.0 Å². The van der Waals surface area contributed by atoms with Crippen LogP contribution in [0.2, 0.25) is 5.02 Å². The van der Waals surface area contributed by atoms with Crippen LogP contribution in [0.1, 0.15) is 29.9 Å². The van der Waals surface area contributed by atoms with Crippen LogP contribution in [0.25, 0.3) is 5.69 Å². The van der Waals surface area contributed by atoms with Crippen LogP contribution in [-0.4, -0.2) is 25.7 Å². The number of rotatable bonds is 8. The molecule has 0 saturated carbocycles. The number of urea groups is 1. The summed E-state index contributed by atoms with van der Waals surface area (Å²) in [6.07, 6.45) is 0. The second kappa shape index (κ2) is 11.2. The zero-order chi connectivity index (χ0) is 25.7. The first kappa shape index (κ1) is 25.2. The number of aromatic nitrogens is 3. The molecule has 11 heteroatoms. The predicted molar refractivity (Wildman–Crippen MR) is 141 cm³/mol. The average molecular weight is 523 g/mol. The highest BCUT2D eigenvalue weighted by Crippen LogP contribution is 2.29. The van der Waals surface area contributed by atoms with Crippen molar-refractivity contribution in [1.29, 1.82) is 0 Å². The summed E-state index contributed by atoms with van der Waals surface area (Å²) < 4.78 is 1.80. The maximum Gasteiger partial charge on any atom is 0.319 e. The fourth-order valence-corrected chi connectivity index (χ4v) is 4.56. The molecular formula is C25H23ClN6O3S. The third-order valence-corrected chi connectivity index (χ3v) is 6.52. The number of hydrogen-bond donors (Lipinski definition) is 2. The van der Waals surface area contributed by atoms with Crippen LogP contribution in [-0.2, 0) is 5.75 Å². The SMILES string of the molecule is Cc1cccc(CSc2nnc(C(C)NC(=O)Nc3ccc(Cl)cc3)n2-c2ccc([N+](=O)[O-])cc2)c1. The minimum absolute atomic E-state index is 0.0177. The third kappa shape index (κ3) is 6.21. The number of nitrogens with one attached hydrogen (secondary N) is 2. The van der Waals surface area contributed by atoms with Gasteiger partial charge in [-0.05, 0) is 55.8 Å². The molecular weight excluding hydrogens is 500 g/mol. The van der Waals surface area contributed by atoms with Crippen molar-refractivity contribution in [3.63, 3.8) is 0 Å². The maximum atomic E-state index is 12.6. The molecule has 36 heavy (non-hydrogen) atoms. The quantitative estimate of drug-likeness (QED) is 0.159. The van der Waals surface area contributed by atoms with Gasteiger partial charge in [-0.25, -0.2) is 4.79 Å². The van der Waals surface area contributed by atoms with E-state index in [9.17, 15) is 14.9 Å². The number of carbonyl (C=O) groups is 1. The van der Waals surface area contributed by atoms with E-state index in [2.05, 4.69) is 26.9 Å². The second-order valence-corrected chi connectivity index (χ2v) is 9.43. The molecule has 0 bridgehead atoms. The molecule has 0 aliphatic rings. The Bertz CT molecular complexity index is 1380. The number of non-ortho nitro benzene ring substituents is 1. The number of carbonyl (C=O) groups excluding carboxylic acids is 1. The zero-order valence-corrected chi connectivity index (χ0v) is 21.1. The number of halogens is 1. The lowest BCUT2D eigenvalue weighted by molar-refractivity contribution is -0.384. The summed E-state index contributed by atoms with van der Waals surface area (Å²) in [5.74, 6) is 1.15. The molecule has 4 rings (SSSR count). The van der Waals surface area contributed by atoms with E-state index >= 15 is 0 Å². The number of nitro benzene ring substituents is 1. The first-order valence-corrected chi connectivity index (χ1v) is 12.4. The fourth-order valence-electron chi connectivity index (χ4n) is 3.53. The number of aryl methyl sites for hydroxylation is 1. The molecule has 0 radical (unpaired) electrons. The van der Waals surface area contributed by atoms with Gasteiger partial charge >= 0.3 is 6.03 Å². The average Bonchev–Trinajstić information content (AvgIpc) is 3.28. The van der Waals surface area contributed by atoms with Crippen LogP contribution >= 0.6 is 23.4 Å². The standard InChI is InChI=1S/C25H23ClN6O3S/c1-16-4-3-5-18(14-16)15-36-25-30-29-23(31(25)21-10-12-22(13-11-21)32(34)35)17(2)27-24(33)28-20-8-6-19(26)7-9-20/h3-14,17H,15H2,1-2H3,(H2,27,28,33). The molecule has 1 atom stereocenters. The van der Waals surface area contributed by atoms with Gasteiger partial charge in [0.2, 0.25) is 0 Å². The van der Waals surface area contributed by atoms with E-state index in [0.29, 0.717) is 33.1 Å². The number of amides is 2. The molecule has 184 valence electrons. The van der Waals surface area contributed by atoms with Crippen LogP contribution in [0.3, 0.4) is 0 Å². The van der Waals surface area contributed by atoms with Gasteiger partial charge in [0.05, 0.1) is 11.0 Å². The molecule has 1 unspecified atom stereocenters. The van der Waals surface area contributed by atoms with Crippen LogP contribution in [0.15, 0.2) is 78.0 Å². The van der Waals surface area contributed by atoms with Gasteiger partial charge in [0.25, 0.3) is 5.69 Å². The molecule has 0 spiro atoms. The Balaban J connectivity index is 1.59. The van der Waals surface area contributed by atoms with E-state index in [1.807, 2.05) is 25.1 Å². The highest BCUT2D eigenvalue weighted by atomic mass is 35.5. The van der Waals surface area contributed by atoms with Crippen LogP contribution in [0.4, 0.5) is 16.2 Å². The predicted octanol–water partition coefficient (Wildman–Crippen LogP) is 6.31. The van der Waals surface area contributed by atoms with Gasteiger partial charge in [-0.3, -0.25) is 14.7 Å². The molecule has 3 aromatic carbocycles. The molecule has 2 amide bonds. The summed E-state index contributed by atoms with van der Waals surface area (Å²) in [6.45, 7) is 3.83. The lowest BCUT2D eigenvalue weighted by atomic mass is 10.2. The zero-order valence-electron chi connectivity index (χ0n) is 19.5. The topological polar surface area (TPSA) is 115 Å². The monoisotopic (exact) mass is 522 g/mol. The lowest BCUT2D eigenvalue weighted by Crippen LogP contribution is -2.32. The van der Waals surface area contributed by atoms with Crippen molar-refractivity contribution in [3.05, 3.63) is 105 Å². The van der Waals surface area contributed by atoms with Gasteiger partial charge in [0.1, 0.15) is 0 Å². The van der Waals surface area contributed by atoms with Crippen molar-refractivity contribution in [2.24, 2.45) is 0 Å². The highest BCUT2D eigenvalue weighted by molar-refractivity contribution is 7.98. The van der Waals surface area contributed by atoms with Crippen molar-refractivity contribution < 1.29 is 9.72 Å². The number of thioether (sulfide) groups is 1. The maximum absolute atomic E-state index is 12.6. The molecule has 0 fully saturated rings. The molecule has 0 saturated heterocycles. The summed E-state index contributed by atoms with van der Waals surface area (Å²) in [7, 11) is 0. The Labute approximate surface area is 217 Å². The summed E-state index contributed by atoms with van der Waals surface area (Å²) in [5, 5.41) is 26.6. The van der Waals surface area contributed by atoms with Crippen molar-refractivity contribution in [1.82, 2.24) is 20.1 Å². The Morgan fingerprint density at radius 1 is 1.11 bits per heavy atom. The van der Waals surface area contributed by atoms with Crippen LogP contribution in [0, 0.1) is 17.0 Å². The Morgan fingerprint density at radius 2 is 1.83 bits per heavy atom. The molecule has 0 aliphatic carbocycles. The van der Waals surface area contributed by atoms with E-state index in [4.69, 9.17) is 11.6 Å². The minimum atomic E-state index is -0.520. The molecule has 0 aliphatic heterocycles. The van der Waals surface area contributed by atoms with E-state index in [-0.39, 0.29) is 5.69 Å². The first-order chi connectivity index (χ1) is 17.3. The summed E-state index contributed by atoms with van der Waals surface area (Å²) in [5.41, 5.74) is 3.52. The fraction of sp³-hybridized carbons (Fsp3) is 0.160. The van der Waals surface area contributed by atoms with Gasteiger partial charge in [-0.1, -0.05) is 53.2 Å². The largest absolute Gasteiger partial charge is 0.328 e. The smallest absolute Gasteiger partial charge is 0.319 e. The van der Waals surface area contributed by atoms with Crippen molar-refractivity contribution in [3.8, 4) is 5.69 Å². The Kier molecular flexibility index (Phi) is 7.87. The summed E-state index contributed by atoms with van der Waals surface area (Å²) in [4.78, 5) is 23.3. The van der Waals surface area contributed by atoms with Gasteiger partial charge in [-0.15, -0.1) is 10.2 Å². The lowest BCUT2D eigenvalue weighted by Gasteiger charge is -2.17. The van der Waals surface area contributed by atoms with Crippen LogP contribution < -0.4 is 10.6 Å². The van der Waals surface area contributed by atoms with Crippen molar-refractivity contribution >= 4 is 40.8 Å². The normalized spacial score (nSPS) is 11.6. The van der Waals surface area contributed by atoms with Gasteiger partial charge in [-0.2, -0.15) is 0 Å². The molecule has 2 N–H and O–H groups in total. The summed E-state index contributed by atoms with van der Waals surface area (Å²) >= 11 is 7.39. The second-order valence-electron chi connectivity index (χ2n) is 8.05. The molecule has 1 aromatic heterocycles. The van der Waals surface area contributed by atoms with E-state index in [1.54, 1.807) is 47.9 Å². The van der Waals surface area contributed by atoms with Gasteiger partial charge < -0.3 is 10.6 Å². The third-order valence-electron chi connectivity index (χ3n) is 5.26. The van der Waals surface area contributed by atoms with Crippen molar-refractivity contribution in [2.75, 3.05) is 5.32 Å². The highest BCUT2D eigenvalue weighted by Gasteiger charge is 2.22.